The summed E-state index contributed by atoms with van der Waals surface area (Å²) >= 11 is 0. The molecule has 1 rings (SSSR count). The Kier molecular flexibility index (Phi) is 6.58. The van der Waals surface area contributed by atoms with E-state index in [-0.39, 0.29) is 31.0 Å². The second-order valence-electron chi connectivity index (χ2n) is 3.43. The van der Waals surface area contributed by atoms with E-state index in [0.717, 1.165) is 5.56 Å². The van der Waals surface area contributed by atoms with Gasteiger partial charge < -0.3 is 6.74 Å². The van der Waals surface area contributed by atoms with Crippen LogP contribution in [0.25, 0.3) is 0 Å². The number of nitrogens with one attached hydrogen (secondary N) is 1. The molecular weight excluding hydrogens is 237 g/mol. The molecule has 0 saturated heterocycles. The topological polar surface area (TPSA) is 66.4 Å². The fourth-order valence-corrected chi connectivity index (χ4v) is 2.01. The molecule has 0 aliphatic rings. The third-order valence-electron chi connectivity index (χ3n) is 2.08. The Labute approximate surface area is 120 Å². The van der Waals surface area contributed by atoms with Gasteiger partial charge in [-0.3, -0.25) is 4.55 Å². The third-order valence-corrected chi connectivity index (χ3v) is 3.25. The minimum Gasteiger partial charge on any atom is -1.00 e. The van der Waals surface area contributed by atoms with Gasteiger partial charge in [-0.1, -0.05) is 19.1 Å². The van der Waals surface area contributed by atoms with E-state index in [4.69, 9.17) is 4.55 Å². The van der Waals surface area contributed by atoms with Crippen LogP contribution in [0.5, 0.6) is 0 Å². The Morgan fingerprint density at radius 3 is 2.56 bits per heavy atom. The molecule has 86 valence electrons. The summed E-state index contributed by atoms with van der Waals surface area (Å²) in [6.45, 7) is 3.61. The van der Waals surface area contributed by atoms with Crippen molar-refractivity contribution in [3.63, 3.8) is 0 Å². The van der Waals surface area contributed by atoms with E-state index in [0.29, 0.717) is 12.1 Å². The fraction of sp³-hybridized carbons (Fsp3) is 0.400. The molecule has 0 aliphatic carbocycles. The Bertz CT molecular complexity index is 439. The largest absolute Gasteiger partial charge is 1.00 e. The molecule has 0 heterocycles. The fourth-order valence-electron chi connectivity index (χ4n) is 1.31. The molecule has 2 N–H and O–H groups in total. The van der Waals surface area contributed by atoms with Crippen LogP contribution in [-0.2, 0) is 10.1 Å². The number of aryl methyl sites for hydroxylation is 1. The van der Waals surface area contributed by atoms with Gasteiger partial charge in [-0.15, -0.1) is 0 Å². The Hall–Kier alpha value is -0.0700. The van der Waals surface area contributed by atoms with Gasteiger partial charge in [0.05, 0.1) is 0 Å². The van der Waals surface area contributed by atoms with E-state index in [1.807, 2.05) is 25.1 Å². The SMILES string of the molecule is CCC(Nc1cccc(C)c1)S(=O)(=O)O.[H-].[Na+]. The zero-order valence-electron chi connectivity index (χ0n) is 10.8. The van der Waals surface area contributed by atoms with E-state index in [1.54, 1.807) is 13.0 Å². The van der Waals surface area contributed by atoms with Crippen LogP contribution in [0.1, 0.15) is 20.3 Å². The predicted octanol–water partition coefficient (Wildman–Crippen LogP) is -0.853. The van der Waals surface area contributed by atoms with Crippen molar-refractivity contribution < 1.29 is 44.0 Å². The van der Waals surface area contributed by atoms with Gasteiger partial charge in [0.1, 0.15) is 0 Å². The minimum absolute atomic E-state index is 0. The van der Waals surface area contributed by atoms with Gasteiger partial charge in [0.2, 0.25) is 0 Å². The molecule has 4 nitrogen and oxygen atoms in total. The Morgan fingerprint density at radius 1 is 1.50 bits per heavy atom. The first-order valence-electron chi connectivity index (χ1n) is 4.73. The Balaban J connectivity index is 0. The summed E-state index contributed by atoms with van der Waals surface area (Å²) in [5.41, 5.74) is 1.73. The standard InChI is InChI=1S/C10H15NO3S.Na.H/c1-3-10(15(12,13)14)11-9-6-4-5-8(2)7-9;;/h4-7,10-11H,3H2,1-2H3,(H,12,13,14);;/q;+1;-1. The van der Waals surface area contributed by atoms with Crippen molar-refractivity contribution >= 4 is 15.8 Å². The van der Waals surface area contributed by atoms with Crippen molar-refractivity contribution in [1.82, 2.24) is 0 Å². The summed E-state index contributed by atoms with van der Waals surface area (Å²) < 4.78 is 30.8. The second-order valence-corrected chi connectivity index (χ2v) is 5.02. The van der Waals surface area contributed by atoms with Gasteiger partial charge in [0.25, 0.3) is 10.1 Å². The van der Waals surface area contributed by atoms with Gasteiger partial charge in [-0.2, -0.15) is 8.42 Å². The molecule has 1 unspecified atom stereocenters. The molecule has 16 heavy (non-hydrogen) atoms. The molecule has 0 radical (unpaired) electrons. The summed E-state index contributed by atoms with van der Waals surface area (Å²) in [6.07, 6.45) is 0.312. The second kappa shape index (κ2) is 6.61. The van der Waals surface area contributed by atoms with Crippen molar-refractivity contribution in [3.8, 4) is 0 Å². The van der Waals surface area contributed by atoms with Crippen molar-refractivity contribution in [3.05, 3.63) is 29.8 Å². The molecule has 0 fully saturated rings. The van der Waals surface area contributed by atoms with Gasteiger partial charge in [-0.25, -0.2) is 0 Å². The van der Waals surface area contributed by atoms with E-state index < -0.39 is 15.5 Å². The van der Waals surface area contributed by atoms with Crippen molar-refractivity contribution in [2.24, 2.45) is 0 Å². The van der Waals surface area contributed by atoms with E-state index in [9.17, 15) is 8.42 Å². The first-order valence-corrected chi connectivity index (χ1v) is 6.23. The van der Waals surface area contributed by atoms with Crippen molar-refractivity contribution in [2.45, 2.75) is 25.6 Å². The van der Waals surface area contributed by atoms with Crippen LogP contribution in [0.15, 0.2) is 24.3 Å². The maximum atomic E-state index is 10.9. The molecule has 1 atom stereocenters. The zero-order valence-corrected chi connectivity index (χ0v) is 12.6. The van der Waals surface area contributed by atoms with Crippen LogP contribution in [0.3, 0.4) is 0 Å². The monoisotopic (exact) mass is 253 g/mol. The Morgan fingerprint density at radius 2 is 2.12 bits per heavy atom. The normalized spacial score (nSPS) is 12.7. The predicted molar refractivity (Wildman–Crippen MR) is 61.5 cm³/mol. The smallest absolute Gasteiger partial charge is 1.00 e. The molecule has 1 aromatic carbocycles. The van der Waals surface area contributed by atoms with E-state index in [1.165, 1.54) is 0 Å². The molecule has 0 aromatic heterocycles. The average Bonchev–Trinajstić information content (AvgIpc) is 2.12. The summed E-state index contributed by atoms with van der Waals surface area (Å²) in [7, 11) is -4.04. The summed E-state index contributed by atoms with van der Waals surface area (Å²) in [4.78, 5) is 0. The molecule has 0 aliphatic heterocycles. The average molecular weight is 253 g/mol. The summed E-state index contributed by atoms with van der Waals surface area (Å²) in [6, 6.07) is 7.34. The van der Waals surface area contributed by atoms with Gasteiger partial charge >= 0.3 is 29.6 Å². The number of hydrogen-bond acceptors (Lipinski definition) is 3. The summed E-state index contributed by atoms with van der Waals surface area (Å²) in [5.74, 6) is 0. The van der Waals surface area contributed by atoms with Gasteiger partial charge in [-0.05, 0) is 31.0 Å². The van der Waals surface area contributed by atoms with E-state index >= 15 is 0 Å². The molecule has 0 bridgehead atoms. The quantitative estimate of drug-likeness (QED) is 0.542. The molecule has 0 spiro atoms. The molecule has 0 saturated carbocycles. The molecule has 1 aromatic rings. The number of anilines is 1. The zero-order chi connectivity index (χ0) is 11.5. The van der Waals surface area contributed by atoms with Crippen molar-refractivity contribution in [2.75, 3.05) is 5.32 Å². The van der Waals surface area contributed by atoms with Crippen molar-refractivity contribution in [1.29, 1.82) is 0 Å². The molecule has 0 amide bonds. The maximum absolute atomic E-state index is 10.9. The first-order chi connectivity index (χ1) is 6.93. The van der Waals surface area contributed by atoms with Crippen LogP contribution in [-0.4, -0.2) is 18.3 Å². The third kappa shape index (κ3) is 4.84. The van der Waals surface area contributed by atoms with Gasteiger partial charge in [0, 0.05) is 5.69 Å². The van der Waals surface area contributed by atoms with E-state index in [2.05, 4.69) is 5.32 Å². The van der Waals surface area contributed by atoms with Crippen LogP contribution >= 0.6 is 0 Å². The van der Waals surface area contributed by atoms with Crippen LogP contribution in [0, 0.1) is 6.92 Å². The number of hydrogen-bond donors (Lipinski definition) is 2. The summed E-state index contributed by atoms with van der Waals surface area (Å²) in [5, 5.41) is 1.83. The van der Waals surface area contributed by atoms with Crippen LogP contribution in [0.4, 0.5) is 5.69 Å². The number of benzene rings is 1. The maximum Gasteiger partial charge on any atom is 1.00 e. The van der Waals surface area contributed by atoms with Gasteiger partial charge in [0.15, 0.2) is 5.37 Å². The van der Waals surface area contributed by atoms with Crippen LogP contribution in [0.2, 0.25) is 0 Å². The molecule has 6 heteroatoms. The molecular formula is C10H16NNaO3S. The van der Waals surface area contributed by atoms with Crippen LogP contribution < -0.4 is 34.9 Å². The first kappa shape index (κ1) is 15.9. The minimum atomic E-state index is -4.04. The number of rotatable bonds is 4.